The third-order valence-corrected chi connectivity index (χ3v) is 0.1000. The van der Waals surface area contributed by atoms with E-state index in [9.17, 15) is 0 Å². The molecule has 0 unspecified atom stereocenters. The molecule has 0 aromatic heterocycles. The Bertz CT molecular complexity index is 11.5. The molecule has 0 aromatic rings. The van der Waals surface area contributed by atoms with E-state index in [1.54, 1.807) is 0 Å². The fraction of sp³-hybridized carbons (Fsp3) is 1.00. The molecule has 0 heterocycles. The Labute approximate surface area is 37.0 Å². The predicted molar refractivity (Wildman–Crippen MR) is 24.2 cm³/mol. The van der Waals surface area contributed by atoms with Gasteiger partial charge in [0.15, 0.2) is 0 Å². The molecule has 0 fully saturated rings. The molecule has 0 aliphatic carbocycles. The molecule has 0 radical (unpaired) electrons. The molecule has 0 amide bonds. The van der Waals surface area contributed by atoms with Crippen LogP contribution in [0.15, 0.2) is 0 Å². The van der Waals surface area contributed by atoms with Gasteiger partial charge in [-0.15, -0.1) is 0 Å². The second kappa shape index (κ2) is 21.1. The van der Waals surface area contributed by atoms with Crippen molar-refractivity contribution in [3.8, 4) is 0 Å². The third-order valence-electron chi connectivity index (χ3n) is 0.1000. The number of aliphatic hydroxyl groups excluding tert-OH is 2. The molecule has 6 heavy (non-hydrogen) atoms. The lowest BCUT2D eigenvalue weighted by Crippen LogP contribution is -1.85. The Kier molecular flexibility index (Phi) is 59.6. The van der Waals surface area contributed by atoms with Crippen molar-refractivity contribution in [1.29, 1.82) is 0 Å². The monoisotopic (exact) mass is 96.1 g/mol. The van der Waals surface area contributed by atoms with Gasteiger partial charge in [0.05, 0.1) is 13.2 Å². The molecule has 0 saturated heterocycles. The van der Waals surface area contributed by atoms with Crippen LogP contribution in [-0.4, -0.2) is 23.4 Å². The molecule has 4 nitrogen and oxygen atoms in total. The zero-order valence-electron chi connectivity index (χ0n) is 3.72. The molecular formula is C2H12N2O2. The first-order chi connectivity index (χ1) is 1.91. The van der Waals surface area contributed by atoms with E-state index in [2.05, 4.69) is 0 Å². The molecule has 0 aliphatic rings. The van der Waals surface area contributed by atoms with Gasteiger partial charge in [-0.3, -0.25) is 0 Å². The van der Waals surface area contributed by atoms with E-state index in [0.717, 1.165) is 0 Å². The zero-order chi connectivity index (χ0) is 3.41. The SMILES string of the molecule is N.N.OCCO. The van der Waals surface area contributed by atoms with Crippen LogP contribution in [0.5, 0.6) is 0 Å². The van der Waals surface area contributed by atoms with Crippen molar-refractivity contribution in [3.63, 3.8) is 0 Å². The first kappa shape index (κ1) is 17.0. The van der Waals surface area contributed by atoms with Crippen LogP contribution in [0.3, 0.4) is 0 Å². The molecule has 0 rings (SSSR count). The first-order valence-corrected chi connectivity index (χ1v) is 1.13. The van der Waals surface area contributed by atoms with E-state index >= 15 is 0 Å². The summed E-state index contributed by atoms with van der Waals surface area (Å²) in [6.45, 7) is -0.250. The van der Waals surface area contributed by atoms with E-state index < -0.39 is 0 Å². The molecule has 0 aromatic carbocycles. The van der Waals surface area contributed by atoms with E-state index in [1.165, 1.54) is 0 Å². The standard InChI is InChI=1S/C2H6O2.2H3N/c3-1-2-4;;/h3-4H,1-2H2;2*1H3. The van der Waals surface area contributed by atoms with Crippen molar-refractivity contribution in [3.05, 3.63) is 0 Å². The van der Waals surface area contributed by atoms with Gasteiger partial charge in [-0.05, 0) is 0 Å². The van der Waals surface area contributed by atoms with Gasteiger partial charge in [-0.25, -0.2) is 0 Å². The Balaban J connectivity index is -0.0000000450. The van der Waals surface area contributed by atoms with Crippen molar-refractivity contribution >= 4 is 0 Å². The fourth-order valence-corrected chi connectivity index (χ4v) is 0. The summed E-state index contributed by atoms with van der Waals surface area (Å²) in [6.07, 6.45) is 0. The minimum Gasteiger partial charge on any atom is -0.394 e. The van der Waals surface area contributed by atoms with Gasteiger partial charge in [-0.2, -0.15) is 0 Å². The minimum absolute atomic E-state index is 0. The molecule has 8 N–H and O–H groups in total. The lowest BCUT2D eigenvalue weighted by molar-refractivity contribution is 0.186. The summed E-state index contributed by atoms with van der Waals surface area (Å²) >= 11 is 0. The highest BCUT2D eigenvalue weighted by Gasteiger charge is 1.58. The van der Waals surface area contributed by atoms with Crippen LogP contribution in [0.1, 0.15) is 0 Å². The summed E-state index contributed by atoms with van der Waals surface area (Å²) in [7, 11) is 0. The van der Waals surface area contributed by atoms with Crippen LogP contribution >= 0.6 is 0 Å². The molecule has 0 spiro atoms. The van der Waals surface area contributed by atoms with Gasteiger partial charge >= 0.3 is 0 Å². The molecule has 0 bridgehead atoms. The fourth-order valence-electron chi connectivity index (χ4n) is 0. The highest BCUT2D eigenvalue weighted by molar-refractivity contribution is 4.06. The Hall–Kier alpha value is -0.160. The quantitative estimate of drug-likeness (QED) is 0.345. The lowest BCUT2D eigenvalue weighted by Gasteiger charge is -1.70. The first-order valence-electron chi connectivity index (χ1n) is 1.13. The maximum Gasteiger partial charge on any atom is 0.0662 e. The maximum absolute atomic E-state index is 7.62. The van der Waals surface area contributed by atoms with Crippen molar-refractivity contribution in [2.75, 3.05) is 13.2 Å². The predicted octanol–water partition coefficient (Wildman–Crippen LogP) is -0.705. The highest BCUT2D eigenvalue weighted by atomic mass is 16.3. The maximum atomic E-state index is 7.62. The molecule has 0 aliphatic heterocycles. The van der Waals surface area contributed by atoms with Crippen LogP contribution in [0.4, 0.5) is 0 Å². The largest absolute Gasteiger partial charge is 0.394 e. The number of hydrogen-bond acceptors (Lipinski definition) is 4. The zero-order valence-corrected chi connectivity index (χ0v) is 3.72. The molecule has 0 atom stereocenters. The van der Waals surface area contributed by atoms with Gasteiger partial charge in [0.2, 0.25) is 0 Å². The van der Waals surface area contributed by atoms with E-state index in [1.807, 2.05) is 0 Å². The third kappa shape index (κ3) is 43.9. The summed E-state index contributed by atoms with van der Waals surface area (Å²) in [5, 5.41) is 15.2. The molecule has 42 valence electrons. The highest BCUT2D eigenvalue weighted by Crippen LogP contribution is 1.39. The van der Waals surface area contributed by atoms with Crippen LogP contribution in [-0.2, 0) is 0 Å². The smallest absolute Gasteiger partial charge is 0.0662 e. The summed E-state index contributed by atoms with van der Waals surface area (Å²) in [6, 6.07) is 0. The summed E-state index contributed by atoms with van der Waals surface area (Å²) in [5.41, 5.74) is 0. The van der Waals surface area contributed by atoms with Crippen molar-refractivity contribution in [2.45, 2.75) is 0 Å². The number of rotatable bonds is 1. The number of aliphatic hydroxyl groups is 2. The van der Waals surface area contributed by atoms with E-state index in [4.69, 9.17) is 10.2 Å². The van der Waals surface area contributed by atoms with Crippen LogP contribution in [0.2, 0.25) is 0 Å². The van der Waals surface area contributed by atoms with Gasteiger partial charge in [-0.1, -0.05) is 0 Å². The second-order valence-electron chi connectivity index (χ2n) is 0.447. The summed E-state index contributed by atoms with van der Waals surface area (Å²) in [5.74, 6) is 0. The summed E-state index contributed by atoms with van der Waals surface area (Å²) < 4.78 is 0. The minimum atomic E-state index is -0.125. The Morgan fingerprint density at radius 1 is 0.833 bits per heavy atom. The normalized spacial score (nSPS) is 5.00. The molecular weight excluding hydrogens is 84.0 g/mol. The van der Waals surface area contributed by atoms with Gasteiger partial charge < -0.3 is 22.5 Å². The topological polar surface area (TPSA) is 110 Å². The second-order valence-corrected chi connectivity index (χ2v) is 0.447. The van der Waals surface area contributed by atoms with Gasteiger partial charge in [0.25, 0.3) is 0 Å². The summed E-state index contributed by atoms with van der Waals surface area (Å²) in [4.78, 5) is 0. The van der Waals surface area contributed by atoms with Gasteiger partial charge in [0, 0.05) is 0 Å². The van der Waals surface area contributed by atoms with E-state index in [-0.39, 0.29) is 25.5 Å². The van der Waals surface area contributed by atoms with E-state index in [0.29, 0.717) is 0 Å². The van der Waals surface area contributed by atoms with Crippen LogP contribution in [0.25, 0.3) is 0 Å². The lowest BCUT2D eigenvalue weighted by atomic mass is 10.8. The Morgan fingerprint density at radius 3 is 1.00 bits per heavy atom. The van der Waals surface area contributed by atoms with Crippen LogP contribution < -0.4 is 12.3 Å². The van der Waals surface area contributed by atoms with Gasteiger partial charge in [0.1, 0.15) is 0 Å². The average Bonchev–Trinajstić information content (AvgIpc) is 1.37. The molecule has 0 saturated carbocycles. The van der Waals surface area contributed by atoms with Crippen molar-refractivity contribution < 1.29 is 10.2 Å². The van der Waals surface area contributed by atoms with Crippen molar-refractivity contribution in [2.24, 2.45) is 0 Å². The Morgan fingerprint density at radius 2 is 1.00 bits per heavy atom. The van der Waals surface area contributed by atoms with Crippen molar-refractivity contribution in [1.82, 2.24) is 12.3 Å². The number of hydrogen-bond donors (Lipinski definition) is 4. The average molecular weight is 96.1 g/mol. The molecule has 4 heteroatoms. The van der Waals surface area contributed by atoms with Crippen LogP contribution in [0, 0.1) is 0 Å².